The first kappa shape index (κ1) is 21.5. The van der Waals surface area contributed by atoms with E-state index in [-0.39, 0.29) is 41.9 Å². The van der Waals surface area contributed by atoms with Crippen LogP contribution in [0.15, 0.2) is 29.2 Å². The van der Waals surface area contributed by atoms with Crippen LogP contribution in [0.3, 0.4) is 0 Å². The molecule has 3 unspecified atom stereocenters. The minimum atomic E-state index is -3.59. The van der Waals surface area contributed by atoms with E-state index < -0.39 is 10.0 Å². The van der Waals surface area contributed by atoms with Gasteiger partial charge in [0.05, 0.1) is 11.0 Å². The van der Waals surface area contributed by atoms with E-state index in [1.807, 2.05) is 0 Å². The third-order valence-electron chi connectivity index (χ3n) is 5.76. The van der Waals surface area contributed by atoms with Crippen LogP contribution in [0.4, 0.5) is 0 Å². The Bertz CT molecular complexity index is 769. The average molecular weight is 430 g/mol. The predicted molar refractivity (Wildman–Crippen MR) is 108 cm³/mol. The monoisotopic (exact) mass is 429 g/mol. The first-order valence-corrected chi connectivity index (χ1v) is 11.3. The predicted octanol–water partition coefficient (Wildman–Crippen LogP) is 1.58. The number of ether oxygens (including phenoxy) is 1. The van der Waals surface area contributed by atoms with E-state index in [0.717, 1.165) is 25.7 Å². The second-order valence-corrected chi connectivity index (χ2v) is 9.56. The number of nitrogens with one attached hydrogen (secondary N) is 3. The van der Waals surface area contributed by atoms with Crippen molar-refractivity contribution in [3.63, 3.8) is 0 Å². The topological polar surface area (TPSA) is 96.5 Å². The highest BCUT2D eigenvalue weighted by molar-refractivity contribution is 7.89. The van der Waals surface area contributed by atoms with Crippen molar-refractivity contribution >= 4 is 28.3 Å². The number of piperidine rings is 1. The molecule has 1 aromatic rings. The lowest BCUT2D eigenvalue weighted by molar-refractivity contribution is 0.0924. The number of amides is 1. The van der Waals surface area contributed by atoms with Crippen molar-refractivity contribution in [2.45, 2.75) is 67.6 Å². The third-order valence-corrected chi connectivity index (χ3v) is 7.20. The normalized spacial score (nSPS) is 29.3. The zero-order chi connectivity index (χ0) is 18.9. The van der Waals surface area contributed by atoms with E-state index in [1.165, 1.54) is 25.0 Å². The van der Waals surface area contributed by atoms with Gasteiger partial charge in [-0.3, -0.25) is 4.79 Å². The summed E-state index contributed by atoms with van der Waals surface area (Å²) in [6.45, 7) is 0.970. The summed E-state index contributed by atoms with van der Waals surface area (Å²) >= 11 is 0. The van der Waals surface area contributed by atoms with Crippen LogP contribution in [0.5, 0.6) is 0 Å². The molecule has 1 amide bonds. The molecule has 3 atom stereocenters. The van der Waals surface area contributed by atoms with Crippen LogP contribution in [0.25, 0.3) is 0 Å². The molecule has 2 bridgehead atoms. The molecule has 0 aromatic heterocycles. The van der Waals surface area contributed by atoms with Crippen molar-refractivity contribution in [3.05, 3.63) is 29.8 Å². The van der Waals surface area contributed by atoms with Gasteiger partial charge in [0.25, 0.3) is 5.91 Å². The summed E-state index contributed by atoms with van der Waals surface area (Å²) in [6.07, 6.45) is 6.08. The molecule has 0 aliphatic carbocycles. The molecule has 9 heteroatoms. The Morgan fingerprint density at radius 1 is 1.11 bits per heavy atom. The molecule has 3 heterocycles. The molecule has 3 fully saturated rings. The molecule has 156 valence electrons. The Balaban J connectivity index is 0.00000225. The summed E-state index contributed by atoms with van der Waals surface area (Å²) in [5.41, 5.74) is 0.485. The van der Waals surface area contributed by atoms with E-state index in [2.05, 4.69) is 15.4 Å². The molecule has 1 aromatic carbocycles. The lowest BCUT2D eigenvalue weighted by Gasteiger charge is -2.29. The van der Waals surface area contributed by atoms with E-state index in [0.29, 0.717) is 24.3 Å². The van der Waals surface area contributed by atoms with Gasteiger partial charge in [-0.25, -0.2) is 13.1 Å². The van der Waals surface area contributed by atoms with Crippen LogP contribution in [0.2, 0.25) is 0 Å². The van der Waals surface area contributed by atoms with Gasteiger partial charge in [0, 0.05) is 36.8 Å². The number of carbonyl (C=O) groups excluding carboxylic acids is 1. The Morgan fingerprint density at radius 2 is 1.79 bits per heavy atom. The van der Waals surface area contributed by atoms with E-state index in [9.17, 15) is 13.2 Å². The molecule has 0 spiro atoms. The molecule has 3 aliphatic heterocycles. The molecule has 3 N–H and O–H groups in total. The summed E-state index contributed by atoms with van der Waals surface area (Å²) < 4.78 is 32.8. The number of fused-ring (bicyclic) bond motifs is 2. The van der Waals surface area contributed by atoms with Crippen molar-refractivity contribution in [1.82, 2.24) is 15.4 Å². The zero-order valence-corrected chi connectivity index (χ0v) is 17.4. The van der Waals surface area contributed by atoms with Crippen LogP contribution < -0.4 is 15.4 Å². The van der Waals surface area contributed by atoms with E-state index >= 15 is 0 Å². The number of rotatable bonds is 6. The number of hydrogen-bond donors (Lipinski definition) is 3. The molecule has 4 rings (SSSR count). The smallest absolute Gasteiger partial charge is 0.251 e. The molecule has 7 nitrogen and oxygen atoms in total. The minimum Gasteiger partial charge on any atom is -0.377 e. The van der Waals surface area contributed by atoms with Gasteiger partial charge >= 0.3 is 0 Å². The molecule has 0 saturated carbocycles. The first-order chi connectivity index (χ1) is 13.0. The highest BCUT2D eigenvalue weighted by Crippen LogP contribution is 2.27. The first-order valence-electron chi connectivity index (χ1n) is 9.78. The van der Waals surface area contributed by atoms with Crippen molar-refractivity contribution in [3.8, 4) is 0 Å². The summed E-state index contributed by atoms with van der Waals surface area (Å²) in [6, 6.07) is 7.33. The largest absolute Gasteiger partial charge is 0.377 e. The van der Waals surface area contributed by atoms with Crippen LogP contribution in [-0.4, -0.2) is 51.7 Å². The van der Waals surface area contributed by atoms with Crippen LogP contribution in [0, 0.1) is 0 Å². The van der Waals surface area contributed by atoms with Crippen molar-refractivity contribution in [1.29, 1.82) is 0 Å². The Labute approximate surface area is 172 Å². The summed E-state index contributed by atoms with van der Waals surface area (Å²) in [5.74, 6) is -0.141. The molecule has 0 radical (unpaired) electrons. The average Bonchev–Trinajstić information content (AvgIpc) is 3.30. The quantitative estimate of drug-likeness (QED) is 0.638. The van der Waals surface area contributed by atoms with E-state index in [1.54, 1.807) is 12.1 Å². The highest BCUT2D eigenvalue weighted by atomic mass is 35.5. The molecule has 3 aliphatic rings. The van der Waals surface area contributed by atoms with Crippen LogP contribution in [0.1, 0.15) is 48.9 Å². The Morgan fingerprint density at radius 3 is 2.39 bits per heavy atom. The fourth-order valence-electron chi connectivity index (χ4n) is 4.32. The fraction of sp³-hybridized carbons (Fsp3) is 0.632. The molecular weight excluding hydrogens is 402 g/mol. The zero-order valence-electron chi connectivity index (χ0n) is 15.7. The van der Waals surface area contributed by atoms with Crippen LogP contribution >= 0.6 is 12.4 Å². The molecule has 28 heavy (non-hydrogen) atoms. The standard InChI is InChI=1S/C19H27N3O4S.ClH/c23-19(22-16-10-14-5-6-15(11-16)21-14)13-3-7-18(8-4-13)27(24,25)20-12-17-2-1-9-26-17;/h3-4,7-8,14-17,20-21H,1-2,5-6,9-12H2,(H,22,23);1H. The maximum Gasteiger partial charge on any atom is 0.251 e. The molecule has 3 saturated heterocycles. The van der Waals surface area contributed by atoms with Gasteiger partial charge in [0.2, 0.25) is 10.0 Å². The van der Waals surface area contributed by atoms with Crippen molar-refractivity contribution in [2.24, 2.45) is 0 Å². The number of benzene rings is 1. The summed E-state index contributed by atoms with van der Waals surface area (Å²) in [4.78, 5) is 12.7. The number of hydrogen-bond acceptors (Lipinski definition) is 5. The molecular formula is C19H28ClN3O4S. The Kier molecular flexibility index (Phi) is 6.98. The van der Waals surface area contributed by atoms with Gasteiger partial charge in [-0.2, -0.15) is 0 Å². The van der Waals surface area contributed by atoms with Crippen molar-refractivity contribution in [2.75, 3.05) is 13.2 Å². The summed E-state index contributed by atoms with van der Waals surface area (Å²) in [7, 11) is -3.59. The highest BCUT2D eigenvalue weighted by Gasteiger charge is 2.34. The number of halogens is 1. The van der Waals surface area contributed by atoms with E-state index in [4.69, 9.17) is 4.74 Å². The second-order valence-electron chi connectivity index (χ2n) is 7.79. The summed E-state index contributed by atoms with van der Waals surface area (Å²) in [5, 5.41) is 6.65. The Hall–Kier alpha value is -1.19. The number of carbonyl (C=O) groups is 1. The second kappa shape index (κ2) is 9.09. The fourth-order valence-corrected chi connectivity index (χ4v) is 5.39. The van der Waals surface area contributed by atoms with Gasteiger partial charge in [-0.05, 0) is 62.8 Å². The van der Waals surface area contributed by atoms with Gasteiger partial charge in [0.1, 0.15) is 0 Å². The maximum absolute atomic E-state index is 12.5. The lowest BCUT2D eigenvalue weighted by Crippen LogP contribution is -2.48. The van der Waals surface area contributed by atoms with Gasteiger partial charge in [-0.15, -0.1) is 12.4 Å². The maximum atomic E-state index is 12.5. The van der Waals surface area contributed by atoms with Crippen molar-refractivity contribution < 1.29 is 17.9 Å². The van der Waals surface area contributed by atoms with Gasteiger partial charge in [-0.1, -0.05) is 0 Å². The lowest BCUT2D eigenvalue weighted by atomic mass is 9.99. The minimum absolute atomic E-state index is 0. The van der Waals surface area contributed by atoms with Gasteiger partial charge < -0.3 is 15.4 Å². The third kappa shape index (κ3) is 5.04. The number of sulfonamides is 1. The van der Waals surface area contributed by atoms with Crippen LogP contribution in [-0.2, 0) is 14.8 Å². The SMILES string of the molecule is Cl.O=C(NC1CC2CCC(C1)N2)c1ccc(S(=O)(=O)NCC2CCCO2)cc1. The van der Waals surface area contributed by atoms with Gasteiger partial charge in [0.15, 0.2) is 0 Å².